The Hall–Kier alpha value is -2.29. The number of anilines is 1. The van der Waals surface area contributed by atoms with Crippen molar-refractivity contribution in [2.24, 2.45) is 0 Å². The summed E-state index contributed by atoms with van der Waals surface area (Å²) in [5.41, 5.74) is 1.66. The summed E-state index contributed by atoms with van der Waals surface area (Å²) in [4.78, 5) is 28.5. The van der Waals surface area contributed by atoms with Gasteiger partial charge < -0.3 is 10.2 Å². The van der Waals surface area contributed by atoms with Crippen LogP contribution in [0.1, 0.15) is 50.2 Å². The molecule has 3 rings (SSSR count). The van der Waals surface area contributed by atoms with Crippen LogP contribution in [-0.4, -0.2) is 50.0 Å². The molecule has 0 aliphatic heterocycles. The maximum atomic E-state index is 13.8. The molecule has 0 spiro atoms. The molecule has 0 heterocycles. The Balaban J connectivity index is 1.94. The minimum Gasteiger partial charge on any atom is -0.352 e. The molecule has 1 atom stereocenters. The largest absolute Gasteiger partial charge is 0.352 e. The molecule has 0 saturated heterocycles. The number of carbonyl (C=O) groups is 2. The average Bonchev–Trinajstić information content (AvgIpc) is 3.33. The fourth-order valence-electron chi connectivity index (χ4n) is 4.53. The third-order valence-corrected chi connectivity index (χ3v) is 8.33. The Kier molecular flexibility index (Phi) is 9.66. The molecule has 1 aliphatic carbocycles. The second-order valence-corrected chi connectivity index (χ2v) is 12.0. The van der Waals surface area contributed by atoms with Crippen molar-refractivity contribution in [3.63, 3.8) is 0 Å². The van der Waals surface area contributed by atoms with Gasteiger partial charge in [-0.15, -0.1) is 0 Å². The number of sulfonamides is 1. The molecule has 10 heteroatoms. The van der Waals surface area contributed by atoms with Crippen LogP contribution in [0, 0.1) is 6.92 Å². The van der Waals surface area contributed by atoms with E-state index in [1.165, 1.54) is 4.90 Å². The normalized spacial score (nSPS) is 14.9. The number of hydrogen-bond donors (Lipinski definition) is 1. The number of amides is 2. The number of carbonyl (C=O) groups excluding carboxylic acids is 2. The van der Waals surface area contributed by atoms with E-state index in [-0.39, 0.29) is 18.5 Å². The van der Waals surface area contributed by atoms with Crippen LogP contribution >= 0.6 is 23.2 Å². The van der Waals surface area contributed by atoms with Crippen molar-refractivity contribution in [3.05, 3.63) is 63.6 Å². The van der Waals surface area contributed by atoms with E-state index in [2.05, 4.69) is 5.32 Å². The van der Waals surface area contributed by atoms with Crippen LogP contribution in [0.4, 0.5) is 5.69 Å². The zero-order chi connectivity index (χ0) is 26.5. The molecular weight excluding hydrogens is 521 g/mol. The number of hydrogen-bond acceptors (Lipinski definition) is 4. The van der Waals surface area contributed by atoms with Crippen molar-refractivity contribution in [3.8, 4) is 0 Å². The predicted molar refractivity (Wildman–Crippen MR) is 145 cm³/mol. The van der Waals surface area contributed by atoms with Crippen LogP contribution in [0.25, 0.3) is 0 Å². The van der Waals surface area contributed by atoms with Gasteiger partial charge in [0.05, 0.1) is 11.9 Å². The number of benzene rings is 2. The molecular formula is C26H33Cl2N3O4S. The summed E-state index contributed by atoms with van der Waals surface area (Å²) in [6.07, 6.45) is 5.41. The first-order chi connectivity index (χ1) is 17.0. The van der Waals surface area contributed by atoms with E-state index in [0.717, 1.165) is 41.8 Å². The smallest absolute Gasteiger partial charge is 0.244 e. The molecule has 1 saturated carbocycles. The van der Waals surface area contributed by atoms with Crippen molar-refractivity contribution < 1.29 is 18.0 Å². The van der Waals surface area contributed by atoms with Crippen LogP contribution < -0.4 is 9.62 Å². The Morgan fingerprint density at radius 3 is 2.31 bits per heavy atom. The van der Waals surface area contributed by atoms with Gasteiger partial charge in [-0.25, -0.2) is 8.42 Å². The molecule has 196 valence electrons. The van der Waals surface area contributed by atoms with Gasteiger partial charge in [-0.1, -0.05) is 61.2 Å². The van der Waals surface area contributed by atoms with E-state index >= 15 is 0 Å². The zero-order valence-electron chi connectivity index (χ0n) is 20.8. The number of nitrogens with zero attached hydrogens (tertiary/aromatic N) is 2. The lowest BCUT2D eigenvalue weighted by Crippen LogP contribution is -2.53. The minimum atomic E-state index is -3.83. The average molecular weight is 555 g/mol. The minimum absolute atomic E-state index is 0.0978. The second kappa shape index (κ2) is 12.3. The number of halogens is 2. The number of nitrogens with one attached hydrogen (secondary N) is 1. The molecule has 0 radical (unpaired) electrons. The van der Waals surface area contributed by atoms with Gasteiger partial charge in [0.2, 0.25) is 21.8 Å². The molecule has 0 bridgehead atoms. The summed E-state index contributed by atoms with van der Waals surface area (Å²) < 4.78 is 26.6. The molecule has 2 aromatic rings. The topological polar surface area (TPSA) is 86.8 Å². The highest BCUT2D eigenvalue weighted by molar-refractivity contribution is 7.92. The summed E-state index contributed by atoms with van der Waals surface area (Å²) in [7, 11) is -3.83. The highest BCUT2D eigenvalue weighted by Crippen LogP contribution is 2.29. The molecule has 36 heavy (non-hydrogen) atoms. The second-order valence-electron chi connectivity index (χ2n) is 9.22. The van der Waals surface area contributed by atoms with Crippen LogP contribution in [0.15, 0.2) is 42.5 Å². The fourth-order valence-corrected chi connectivity index (χ4v) is 5.73. The Morgan fingerprint density at radius 1 is 1.08 bits per heavy atom. The van der Waals surface area contributed by atoms with E-state index < -0.39 is 28.5 Å². The van der Waals surface area contributed by atoms with Crippen molar-refractivity contribution in [2.45, 2.75) is 64.6 Å². The van der Waals surface area contributed by atoms with Crippen LogP contribution in [0.3, 0.4) is 0 Å². The van der Waals surface area contributed by atoms with E-state index in [1.54, 1.807) is 49.4 Å². The molecule has 0 unspecified atom stereocenters. The molecule has 2 aromatic carbocycles. The van der Waals surface area contributed by atoms with Gasteiger partial charge in [-0.2, -0.15) is 0 Å². The third-order valence-electron chi connectivity index (χ3n) is 6.54. The lowest BCUT2D eigenvalue weighted by Gasteiger charge is -2.33. The zero-order valence-corrected chi connectivity index (χ0v) is 23.2. The van der Waals surface area contributed by atoms with Crippen molar-refractivity contribution >= 4 is 50.7 Å². The summed E-state index contributed by atoms with van der Waals surface area (Å²) in [5.74, 6) is -0.709. The standard InChI is InChI=1S/C26H33Cl2N3O4S/c1-4-23(26(33)29-21-8-5-6-9-21)30(16-19-12-14-20(27)15-13-19)25(32)17-31(36(3,34)35)24-11-7-10-22(28)18(24)2/h7,10-15,21,23H,4-6,8-9,16-17H2,1-3H3,(H,29,33)/t23-/m0/s1. The first-order valence-corrected chi connectivity index (χ1v) is 14.7. The summed E-state index contributed by atoms with van der Waals surface area (Å²) in [6.45, 7) is 3.23. The van der Waals surface area contributed by atoms with Crippen LogP contribution in [0.2, 0.25) is 10.0 Å². The van der Waals surface area contributed by atoms with Gasteiger partial charge in [-0.3, -0.25) is 13.9 Å². The summed E-state index contributed by atoms with van der Waals surface area (Å²) >= 11 is 12.3. The highest BCUT2D eigenvalue weighted by atomic mass is 35.5. The molecule has 2 amide bonds. The third kappa shape index (κ3) is 7.14. The van der Waals surface area contributed by atoms with E-state index in [1.807, 2.05) is 6.92 Å². The van der Waals surface area contributed by atoms with Gasteiger partial charge in [0.25, 0.3) is 0 Å². The first-order valence-electron chi connectivity index (χ1n) is 12.1. The highest BCUT2D eigenvalue weighted by Gasteiger charge is 2.33. The maximum Gasteiger partial charge on any atom is 0.244 e. The molecule has 0 aromatic heterocycles. The van der Waals surface area contributed by atoms with E-state index in [4.69, 9.17) is 23.2 Å². The summed E-state index contributed by atoms with van der Waals surface area (Å²) in [6, 6.07) is 11.3. The van der Waals surface area contributed by atoms with Gasteiger partial charge in [0.15, 0.2) is 0 Å². The Bertz CT molecular complexity index is 1180. The Labute approximate surface area is 223 Å². The Morgan fingerprint density at radius 2 is 1.72 bits per heavy atom. The van der Waals surface area contributed by atoms with Crippen molar-refractivity contribution in [2.75, 3.05) is 17.1 Å². The molecule has 1 N–H and O–H groups in total. The SMILES string of the molecule is CC[C@@H](C(=O)NC1CCCC1)N(Cc1ccc(Cl)cc1)C(=O)CN(c1cccc(Cl)c1C)S(C)(=O)=O. The van der Waals surface area contributed by atoms with Gasteiger partial charge in [0.1, 0.15) is 12.6 Å². The van der Waals surface area contributed by atoms with Gasteiger partial charge in [-0.05, 0) is 61.6 Å². The lowest BCUT2D eigenvalue weighted by molar-refractivity contribution is -0.140. The first kappa shape index (κ1) is 28.3. The van der Waals surface area contributed by atoms with E-state index in [0.29, 0.717) is 27.7 Å². The summed E-state index contributed by atoms with van der Waals surface area (Å²) in [5, 5.41) is 4.04. The molecule has 1 fully saturated rings. The lowest BCUT2D eigenvalue weighted by atomic mass is 10.1. The van der Waals surface area contributed by atoms with Crippen molar-refractivity contribution in [1.29, 1.82) is 0 Å². The maximum absolute atomic E-state index is 13.8. The molecule has 7 nitrogen and oxygen atoms in total. The van der Waals surface area contributed by atoms with E-state index in [9.17, 15) is 18.0 Å². The predicted octanol–water partition coefficient (Wildman–Crippen LogP) is 4.93. The van der Waals surface area contributed by atoms with Gasteiger partial charge in [0, 0.05) is 22.6 Å². The quantitative estimate of drug-likeness (QED) is 0.451. The van der Waals surface area contributed by atoms with Crippen LogP contribution in [0.5, 0.6) is 0 Å². The van der Waals surface area contributed by atoms with Gasteiger partial charge >= 0.3 is 0 Å². The fraction of sp³-hybridized carbons (Fsp3) is 0.462. The monoisotopic (exact) mass is 553 g/mol. The number of rotatable bonds is 10. The molecule has 1 aliphatic rings. The van der Waals surface area contributed by atoms with Crippen LogP contribution in [-0.2, 0) is 26.2 Å². The van der Waals surface area contributed by atoms with Crippen molar-refractivity contribution in [1.82, 2.24) is 10.2 Å².